The molecule has 3 N–H and O–H groups in total. The van der Waals surface area contributed by atoms with Crippen LogP contribution in [0, 0.1) is 5.82 Å². The lowest BCUT2D eigenvalue weighted by Crippen LogP contribution is -2.36. The number of aromatic amines is 1. The number of nitrogens with one attached hydrogen (secondary N) is 1. The first-order valence-electron chi connectivity index (χ1n) is 10.1. The van der Waals surface area contributed by atoms with Gasteiger partial charge in [-0.15, -0.1) is 5.10 Å². The van der Waals surface area contributed by atoms with Crippen molar-refractivity contribution in [3.8, 4) is 11.5 Å². The van der Waals surface area contributed by atoms with Crippen LogP contribution in [0.15, 0.2) is 70.7 Å². The molecule has 2 aliphatic rings. The van der Waals surface area contributed by atoms with Crippen LogP contribution in [-0.4, -0.2) is 31.7 Å². The number of hydrogen-bond acceptors (Lipinski definition) is 7. The molecule has 0 aliphatic carbocycles. The third-order valence-electron chi connectivity index (χ3n) is 5.61. The highest BCUT2D eigenvalue weighted by atomic mass is 19.1. The second-order valence-electron chi connectivity index (χ2n) is 7.55. The largest absolute Gasteiger partial charge is 0.403 e. The lowest BCUT2D eigenvalue weighted by atomic mass is 9.98. The molecular formula is C22H22FN7O. The highest BCUT2D eigenvalue weighted by molar-refractivity contribution is 5.53. The topological polar surface area (TPSA) is 100 Å². The quantitative estimate of drug-likeness (QED) is 0.623. The van der Waals surface area contributed by atoms with Gasteiger partial charge in [0.15, 0.2) is 0 Å². The Morgan fingerprint density at radius 2 is 2.13 bits per heavy atom. The van der Waals surface area contributed by atoms with Gasteiger partial charge in [0, 0.05) is 30.4 Å². The molecule has 0 saturated carbocycles. The number of fused-ring (bicyclic) bond motifs is 1. The molecule has 0 unspecified atom stereocenters. The minimum atomic E-state index is -0.311. The molecule has 8 nitrogen and oxygen atoms in total. The summed E-state index contributed by atoms with van der Waals surface area (Å²) < 4.78 is 19.2. The number of benzene rings is 1. The number of rotatable bonds is 4. The average Bonchev–Trinajstić information content (AvgIpc) is 3.44. The van der Waals surface area contributed by atoms with Gasteiger partial charge in [0.2, 0.25) is 5.89 Å². The molecule has 2 aliphatic heterocycles. The second kappa shape index (κ2) is 7.84. The predicted molar refractivity (Wildman–Crippen MR) is 114 cm³/mol. The van der Waals surface area contributed by atoms with Crippen molar-refractivity contribution in [1.29, 1.82) is 0 Å². The van der Waals surface area contributed by atoms with E-state index < -0.39 is 0 Å². The zero-order valence-corrected chi connectivity index (χ0v) is 17.0. The van der Waals surface area contributed by atoms with Crippen molar-refractivity contribution in [3.05, 3.63) is 83.5 Å². The van der Waals surface area contributed by atoms with Crippen molar-refractivity contribution < 1.29 is 8.81 Å². The first-order chi connectivity index (χ1) is 15.1. The molecule has 1 aromatic carbocycles. The van der Waals surface area contributed by atoms with Crippen molar-refractivity contribution in [2.45, 2.75) is 25.8 Å². The molecule has 0 fully saturated rings. The highest BCUT2D eigenvalue weighted by Gasteiger charge is 2.32. The number of hydrazine groups is 1. The minimum absolute atomic E-state index is 0.0869. The first-order valence-corrected chi connectivity index (χ1v) is 10.1. The van der Waals surface area contributed by atoms with Crippen LogP contribution in [-0.2, 0) is 6.42 Å². The number of nitrogens with two attached hydrogens (primary N) is 1. The summed E-state index contributed by atoms with van der Waals surface area (Å²) in [6.45, 7) is 2.73. The van der Waals surface area contributed by atoms with Crippen LogP contribution in [0.3, 0.4) is 0 Å². The van der Waals surface area contributed by atoms with E-state index in [1.807, 2.05) is 25.3 Å². The highest BCUT2D eigenvalue weighted by Crippen LogP contribution is 2.36. The van der Waals surface area contributed by atoms with Crippen LogP contribution < -0.4 is 10.7 Å². The normalized spacial score (nSPS) is 19.6. The van der Waals surface area contributed by atoms with Crippen LogP contribution in [0.5, 0.6) is 0 Å². The summed E-state index contributed by atoms with van der Waals surface area (Å²) in [5.41, 5.74) is 4.78. The maximum Gasteiger partial charge on any atom is 0.319 e. The van der Waals surface area contributed by atoms with Crippen molar-refractivity contribution in [1.82, 2.24) is 25.2 Å². The molecule has 9 heteroatoms. The van der Waals surface area contributed by atoms with Gasteiger partial charge >= 0.3 is 6.01 Å². The zero-order valence-electron chi connectivity index (χ0n) is 17.0. The van der Waals surface area contributed by atoms with Gasteiger partial charge in [-0.1, -0.05) is 17.3 Å². The van der Waals surface area contributed by atoms with Crippen LogP contribution in [0.1, 0.15) is 30.8 Å². The van der Waals surface area contributed by atoms with Gasteiger partial charge in [-0.2, -0.15) is 0 Å². The lowest BCUT2D eigenvalue weighted by Gasteiger charge is -2.33. The molecule has 0 spiro atoms. The predicted octanol–water partition coefficient (Wildman–Crippen LogP) is 3.63. The van der Waals surface area contributed by atoms with Gasteiger partial charge in [-0.05, 0) is 49.3 Å². The van der Waals surface area contributed by atoms with Crippen LogP contribution >= 0.6 is 0 Å². The summed E-state index contributed by atoms with van der Waals surface area (Å²) in [7, 11) is 0. The molecule has 3 aromatic rings. The summed E-state index contributed by atoms with van der Waals surface area (Å²) >= 11 is 0. The molecule has 4 heterocycles. The molecule has 0 amide bonds. The second-order valence-corrected chi connectivity index (χ2v) is 7.55. The van der Waals surface area contributed by atoms with Gasteiger partial charge in [0.05, 0.1) is 23.8 Å². The van der Waals surface area contributed by atoms with E-state index in [0.29, 0.717) is 30.4 Å². The summed E-state index contributed by atoms with van der Waals surface area (Å²) in [5, 5.41) is 10.1. The number of hydrogen-bond donors (Lipinski definition) is 2. The van der Waals surface area contributed by atoms with E-state index in [1.165, 1.54) is 12.1 Å². The van der Waals surface area contributed by atoms with Gasteiger partial charge < -0.3 is 14.3 Å². The molecule has 0 radical (unpaired) electrons. The van der Waals surface area contributed by atoms with Crippen molar-refractivity contribution >= 4 is 6.01 Å². The van der Waals surface area contributed by atoms with Crippen molar-refractivity contribution in [3.63, 3.8) is 0 Å². The number of H-pyrrole nitrogens is 1. The van der Waals surface area contributed by atoms with Gasteiger partial charge in [-0.3, -0.25) is 5.01 Å². The third-order valence-corrected chi connectivity index (χ3v) is 5.61. The van der Waals surface area contributed by atoms with E-state index in [0.717, 1.165) is 29.1 Å². The Morgan fingerprint density at radius 3 is 2.94 bits per heavy atom. The smallest absolute Gasteiger partial charge is 0.319 e. The number of anilines is 1. The van der Waals surface area contributed by atoms with Crippen molar-refractivity contribution in [2.75, 3.05) is 11.4 Å². The van der Waals surface area contributed by atoms with E-state index in [2.05, 4.69) is 31.1 Å². The standard InChI is InChI=1S/C22H22FN7O/c1-14-3-2-11-30(24)18(14)8-9-19-20-17(25-13-26-20)10-12-29(19)22-28-27-21(31-22)15-4-6-16(23)7-5-15/h2-8,11,13,19H,9-10,12,24H2,1H3,(H,25,26)/b18-8-/t19-/m0/s1. The first kappa shape index (κ1) is 19.3. The Hall–Kier alpha value is -3.72. The van der Waals surface area contributed by atoms with E-state index in [4.69, 9.17) is 10.3 Å². The SMILES string of the molecule is CC1=CC=CN(N)/C1=C\C[C@H]1c2nc[nH]c2CCN1c1nnc(-c2ccc(F)cc2)o1. The zero-order chi connectivity index (χ0) is 21.4. The van der Waals surface area contributed by atoms with Gasteiger partial charge in [0.25, 0.3) is 0 Å². The Labute approximate surface area is 178 Å². The molecule has 0 saturated heterocycles. The summed E-state index contributed by atoms with van der Waals surface area (Å²) in [5.74, 6) is 6.16. The van der Waals surface area contributed by atoms with Crippen LogP contribution in [0.25, 0.3) is 11.5 Å². The fraction of sp³-hybridized carbons (Fsp3) is 0.227. The van der Waals surface area contributed by atoms with E-state index in [9.17, 15) is 4.39 Å². The summed E-state index contributed by atoms with van der Waals surface area (Å²) in [6.07, 6.45) is 11.0. The summed E-state index contributed by atoms with van der Waals surface area (Å²) in [4.78, 5) is 9.86. The molecular weight excluding hydrogens is 397 g/mol. The van der Waals surface area contributed by atoms with Gasteiger partial charge in [0.1, 0.15) is 5.82 Å². The monoisotopic (exact) mass is 419 g/mol. The molecule has 158 valence electrons. The van der Waals surface area contributed by atoms with E-state index >= 15 is 0 Å². The molecule has 2 aromatic heterocycles. The third kappa shape index (κ3) is 3.64. The Kier molecular flexibility index (Phi) is 4.87. The minimum Gasteiger partial charge on any atom is -0.403 e. The average molecular weight is 419 g/mol. The number of allylic oxidation sites excluding steroid dienone is 3. The molecule has 1 atom stereocenters. The number of halogens is 1. The Bertz CT molecular complexity index is 1170. The summed E-state index contributed by atoms with van der Waals surface area (Å²) in [6, 6.07) is 6.32. The maximum atomic E-state index is 13.2. The van der Waals surface area contributed by atoms with E-state index in [-0.39, 0.29) is 11.9 Å². The van der Waals surface area contributed by atoms with Crippen molar-refractivity contribution in [2.24, 2.45) is 5.84 Å². The maximum absolute atomic E-state index is 13.2. The molecule has 0 bridgehead atoms. The number of imidazole rings is 1. The van der Waals surface area contributed by atoms with Crippen LogP contribution in [0.2, 0.25) is 0 Å². The fourth-order valence-electron chi connectivity index (χ4n) is 4.00. The number of nitrogens with zero attached hydrogens (tertiary/aromatic N) is 5. The number of aromatic nitrogens is 4. The Balaban J connectivity index is 1.46. The van der Waals surface area contributed by atoms with Crippen LogP contribution in [0.4, 0.5) is 10.4 Å². The fourth-order valence-corrected chi connectivity index (χ4v) is 4.00. The van der Waals surface area contributed by atoms with Gasteiger partial charge in [-0.25, -0.2) is 15.2 Å². The molecule has 31 heavy (non-hydrogen) atoms. The Morgan fingerprint density at radius 1 is 1.29 bits per heavy atom. The van der Waals surface area contributed by atoms with E-state index in [1.54, 1.807) is 23.5 Å². The molecule has 5 rings (SSSR count). The lowest BCUT2D eigenvalue weighted by molar-refractivity contribution is 0.471.